The van der Waals surface area contributed by atoms with E-state index in [0.717, 1.165) is 43.7 Å². The largest absolute Gasteiger partial charge is 0.327 e. The molecule has 0 radical (unpaired) electrons. The number of likely N-dealkylation sites (tertiary alicyclic amines) is 1. The number of rotatable bonds is 8. The van der Waals surface area contributed by atoms with Crippen LogP contribution >= 0.6 is 11.8 Å². The van der Waals surface area contributed by atoms with E-state index in [1.54, 1.807) is 12.4 Å². The molecule has 3 rings (SSSR count). The van der Waals surface area contributed by atoms with Gasteiger partial charge in [-0.05, 0) is 50.0 Å². The van der Waals surface area contributed by atoms with E-state index in [-0.39, 0.29) is 11.9 Å². The van der Waals surface area contributed by atoms with E-state index < -0.39 is 5.54 Å². The van der Waals surface area contributed by atoms with Crippen LogP contribution in [0.3, 0.4) is 0 Å². The van der Waals surface area contributed by atoms with Crippen molar-refractivity contribution in [3.8, 4) is 0 Å². The lowest BCUT2D eigenvalue weighted by molar-refractivity contribution is -0.136. The Kier molecular flexibility index (Phi) is 7.22. The van der Waals surface area contributed by atoms with Crippen molar-refractivity contribution in [3.05, 3.63) is 30.1 Å². The fourth-order valence-corrected chi connectivity index (χ4v) is 5.15. The average molecular weight is 419 g/mol. The van der Waals surface area contributed by atoms with E-state index >= 15 is 0 Å². The summed E-state index contributed by atoms with van der Waals surface area (Å²) in [6, 6.07) is 4.12. The third-order valence-corrected chi connectivity index (χ3v) is 7.09. The molecule has 1 spiro atoms. The first kappa shape index (κ1) is 22.1. The number of carbonyl (C=O) groups is 2. The van der Waals surface area contributed by atoms with Crippen LogP contribution in [0, 0.1) is 5.92 Å². The maximum absolute atomic E-state index is 13.6. The second-order valence-electron chi connectivity index (χ2n) is 8.74. The monoisotopic (exact) mass is 418 g/mol. The number of carbonyl (C=O) groups excluding carboxylic acids is 2. The molecular weight excluding hydrogens is 384 g/mol. The highest BCUT2D eigenvalue weighted by Crippen LogP contribution is 2.39. The van der Waals surface area contributed by atoms with Crippen LogP contribution in [0.15, 0.2) is 24.5 Å². The molecule has 2 aliphatic rings. The minimum Gasteiger partial charge on any atom is -0.309 e. The van der Waals surface area contributed by atoms with Gasteiger partial charge in [0.25, 0.3) is 5.91 Å². The molecule has 0 saturated carbocycles. The van der Waals surface area contributed by atoms with Crippen molar-refractivity contribution >= 4 is 23.7 Å². The SMILES string of the molecule is CSCC(C)N1CCC2(CC1)C(=O)N(Cc1cccnc1)C(=O)N2CCC(C)C. The zero-order valence-electron chi connectivity index (χ0n) is 18.1. The highest BCUT2D eigenvalue weighted by Gasteiger charge is 2.57. The number of imide groups is 1. The molecule has 2 aliphatic heterocycles. The number of nitrogens with zero attached hydrogens (tertiary/aromatic N) is 4. The van der Waals surface area contributed by atoms with Crippen LogP contribution in [-0.2, 0) is 11.3 Å². The molecule has 2 saturated heterocycles. The number of hydrogen-bond donors (Lipinski definition) is 0. The van der Waals surface area contributed by atoms with Gasteiger partial charge in [-0.2, -0.15) is 11.8 Å². The smallest absolute Gasteiger partial charge is 0.309 e. The average Bonchev–Trinajstić information content (AvgIpc) is 2.89. The van der Waals surface area contributed by atoms with Gasteiger partial charge in [0.2, 0.25) is 0 Å². The number of thioether (sulfide) groups is 1. The van der Waals surface area contributed by atoms with Crippen molar-refractivity contribution in [1.29, 1.82) is 0 Å². The van der Waals surface area contributed by atoms with Crippen LogP contribution in [0.5, 0.6) is 0 Å². The molecule has 1 atom stereocenters. The van der Waals surface area contributed by atoms with Gasteiger partial charge in [0.15, 0.2) is 0 Å². The van der Waals surface area contributed by atoms with Crippen LogP contribution in [0.2, 0.25) is 0 Å². The Morgan fingerprint density at radius 3 is 2.52 bits per heavy atom. The number of pyridine rings is 1. The van der Waals surface area contributed by atoms with Gasteiger partial charge in [0.05, 0.1) is 6.54 Å². The number of amides is 3. The third-order valence-electron chi connectivity index (χ3n) is 6.27. The first-order valence-electron chi connectivity index (χ1n) is 10.6. The van der Waals surface area contributed by atoms with Crippen molar-refractivity contribution < 1.29 is 9.59 Å². The van der Waals surface area contributed by atoms with Crippen LogP contribution < -0.4 is 0 Å². The summed E-state index contributed by atoms with van der Waals surface area (Å²) in [7, 11) is 0. The fourth-order valence-electron chi connectivity index (χ4n) is 4.46. The number of piperidine rings is 1. The molecule has 0 aromatic carbocycles. The van der Waals surface area contributed by atoms with E-state index in [9.17, 15) is 9.59 Å². The Bertz CT molecular complexity index is 704. The standard InChI is InChI=1S/C22H34N4O2S/c1-17(2)7-11-26-21(28)25(15-19-6-5-10-23-14-19)20(27)22(26)8-12-24(13-9-22)18(3)16-29-4/h5-6,10,14,17-18H,7-9,11-13,15-16H2,1-4H3. The van der Waals surface area contributed by atoms with Gasteiger partial charge in [-0.25, -0.2) is 4.79 Å². The number of urea groups is 1. The van der Waals surface area contributed by atoms with Crippen molar-refractivity contribution in [2.75, 3.05) is 31.6 Å². The fraction of sp³-hybridized carbons (Fsp3) is 0.682. The molecular formula is C22H34N4O2S. The Morgan fingerprint density at radius 1 is 1.21 bits per heavy atom. The Hall–Kier alpha value is -1.60. The summed E-state index contributed by atoms with van der Waals surface area (Å²) in [5, 5.41) is 0. The summed E-state index contributed by atoms with van der Waals surface area (Å²) in [4.78, 5) is 36.8. The first-order valence-corrected chi connectivity index (χ1v) is 12.0. The summed E-state index contributed by atoms with van der Waals surface area (Å²) < 4.78 is 0. The molecule has 1 unspecified atom stereocenters. The Labute approximate surface area is 179 Å². The molecule has 2 fully saturated rings. The quantitative estimate of drug-likeness (QED) is 0.605. The minimum absolute atomic E-state index is 0.0210. The highest BCUT2D eigenvalue weighted by atomic mass is 32.2. The van der Waals surface area contributed by atoms with Crippen molar-refractivity contribution in [2.24, 2.45) is 5.92 Å². The van der Waals surface area contributed by atoms with Crippen LogP contribution in [-0.4, -0.2) is 74.8 Å². The van der Waals surface area contributed by atoms with Crippen LogP contribution in [0.1, 0.15) is 45.6 Å². The van der Waals surface area contributed by atoms with Gasteiger partial charge >= 0.3 is 6.03 Å². The van der Waals surface area contributed by atoms with Crippen molar-refractivity contribution in [3.63, 3.8) is 0 Å². The Morgan fingerprint density at radius 2 is 1.93 bits per heavy atom. The lowest BCUT2D eigenvalue weighted by Crippen LogP contribution is -2.58. The van der Waals surface area contributed by atoms with Gasteiger partial charge < -0.3 is 4.90 Å². The van der Waals surface area contributed by atoms with Gasteiger partial charge in [0, 0.05) is 43.8 Å². The molecule has 6 nitrogen and oxygen atoms in total. The first-order chi connectivity index (χ1) is 13.9. The molecule has 0 aliphatic carbocycles. The molecule has 0 N–H and O–H groups in total. The van der Waals surface area contributed by atoms with Crippen LogP contribution in [0.4, 0.5) is 4.79 Å². The molecule has 3 amide bonds. The topological polar surface area (TPSA) is 56.8 Å². The van der Waals surface area contributed by atoms with E-state index in [1.807, 2.05) is 28.8 Å². The van der Waals surface area contributed by atoms with E-state index in [0.29, 0.717) is 25.0 Å². The molecule has 160 valence electrons. The molecule has 1 aromatic heterocycles. The summed E-state index contributed by atoms with van der Waals surface area (Å²) in [6.45, 7) is 9.25. The predicted molar refractivity (Wildman–Crippen MR) is 118 cm³/mol. The maximum Gasteiger partial charge on any atom is 0.327 e. The van der Waals surface area contributed by atoms with Gasteiger partial charge in [0.1, 0.15) is 5.54 Å². The number of hydrogen-bond acceptors (Lipinski definition) is 5. The predicted octanol–water partition coefficient (Wildman–Crippen LogP) is 3.48. The molecule has 1 aromatic rings. The summed E-state index contributed by atoms with van der Waals surface area (Å²) in [5.74, 6) is 1.56. The van der Waals surface area contributed by atoms with E-state index in [4.69, 9.17) is 0 Å². The molecule has 0 bridgehead atoms. The minimum atomic E-state index is -0.677. The third kappa shape index (κ3) is 4.61. The van der Waals surface area contributed by atoms with Crippen LogP contribution in [0.25, 0.3) is 0 Å². The summed E-state index contributed by atoms with van der Waals surface area (Å²) in [5.41, 5.74) is 0.213. The maximum atomic E-state index is 13.6. The molecule has 3 heterocycles. The van der Waals surface area contributed by atoms with Crippen molar-refractivity contribution in [2.45, 2.75) is 58.2 Å². The van der Waals surface area contributed by atoms with Gasteiger partial charge in [-0.15, -0.1) is 0 Å². The lowest BCUT2D eigenvalue weighted by atomic mass is 9.85. The highest BCUT2D eigenvalue weighted by molar-refractivity contribution is 7.98. The van der Waals surface area contributed by atoms with Gasteiger partial charge in [-0.3, -0.25) is 19.6 Å². The normalized spacial score (nSPS) is 20.9. The number of aromatic nitrogens is 1. The van der Waals surface area contributed by atoms with E-state index in [1.165, 1.54) is 4.90 Å². The zero-order valence-corrected chi connectivity index (χ0v) is 19.0. The van der Waals surface area contributed by atoms with E-state index in [2.05, 4.69) is 36.9 Å². The zero-order chi connectivity index (χ0) is 21.0. The second kappa shape index (κ2) is 9.47. The van der Waals surface area contributed by atoms with Gasteiger partial charge in [-0.1, -0.05) is 19.9 Å². The summed E-state index contributed by atoms with van der Waals surface area (Å²) >= 11 is 1.85. The molecule has 7 heteroatoms. The second-order valence-corrected chi connectivity index (χ2v) is 9.65. The Balaban J connectivity index is 1.81. The summed E-state index contributed by atoms with van der Waals surface area (Å²) in [6.07, 6.45) is 7.92. The lowest BCUT2D eigenvalue weighted by Gasteiger charge is -2.44. The van der Waals surface area contributed by atoms with Crippen molar-refractivity contribution in [1.82, 2.24) is 19.7 Å². The molecule has 29 heavy (non-hydrogen) atoms.